The molecule has 1 saturated heterocycles. The average molecular weight is 301 g/mol. The maximum Gasteiger partial charge on any atom is 0.130 e. The van der Waals surface area contributed by atoms with E-state index in [0.717, 1.165) is 24.2 Å². The van der Waals surface area contributed by atoms with Crippen molar-refractivity contribution in [1.29, 1.82) is 0 Å². The van der Waals surface area contributed by atoms with Crippen LogP contribution in [0.2, 0.25) is 0 Å². The SMILES string of the molecule is C[C@H]1COC[C@H](C[N+](C)(C)C)O1.[I-]. The highest BCUT2D eigenvalue weighted by Gasteiger charge is 2.24. The molecule has 1 heterocycles. The lowest BCUT2D eigenvalue weighted by Crippen LogP contribution is -3.00. The summed E-state index contributed by atoms with van der Waals surface area (Å²) < 4.78 is 12.1. The molecular weight excluding hydrogens is 281 g/mol. The summed E-state index contributed by atoms with van der Waals surface area (Å²) >= 11 is 0. The van der Waals surface area contributed by atoms with Gasteiger partial charge in [0, 0.05) is 0 Å². The number of quaternary nitrogens is 1. The number of likely N-dealkylation sites (N-methyl/N-ethyl adjacent to an activating group) is 1. The quantitative estimate of drug-likeness (QED) is 0.415. The van der Waals surface area contributed by atoms with E-state index in [-0.39, 0.29) is 36.2 Å². The van der Waals surface area contributed by atoms with Crippen LogP contribution in [0, 0.1) is 0 Å². The van der Waals surface area contributed by atoms with Crippen LogP contribution in [0.15, 0.2) is 0 Å². The van der Waals surface area contributed by atoms with Crippen LogP contribution in [0.1, 0.15) is 6.92 Å². The lowest BCUT2D eigenvalue weighted by molar-refractivity contribution is -0.874. The van der Waals surface area contributed by atoms with Gasteiger partial charge in [-0.15, -0.1) is 0 Å². The van der Waals surface area contributed by atoms with Gasteiger partial charge in [0.1, 0.15) is 12.6 Å². The molecule has 0 unspecified atom stereocenters. The predicted octanol–water partition coefficient (Wildman–Crippen LogP) is -2.50. The fraction of sp³-hybridized carbons (Fsp3) is 1.00. The van der Waals surface area contributed by atoms with E-state index in [0.29, 0.717) is 0 Å². The summed E-state index contributed by atoms with van der Waals surface area (Å²) in [6.45, 7) is 4.57. The molecule has 0 amide bonds. The second-order valence-electron chi connectivity index (χ2n) is 4.58. The molecular formula is C9H20INO2. The van der Waals surface area contributed by atoms with Gasteiger partial charge in [-0.2, -0.15) is 0 Å². The van der Waals surface area contributed by atoms with Crippen molar-refractivity contribution in [2.45, 2.75) is 19.1 Å². The standard InChI is InChI=1S/C9H20NO2.HI/c1-8-6-11-7-9(12-8)5-10(2,3)4;/h8-9H,5-7H2,1-4H3;1H/q+1;/p-1/t8-,9-;/m0./s1. The van der Waals surface area contributed by atoms with Gasteiger partial charge in [-0.1, -0.05) is 0 Å². The van der Waals surface area contributed by atoms with Gasteiger partial charge in [0.15, 0.2) is 0 Å². The van der Waals surface area contributed by atoms with Crippen molar-refractivity contribution in [1.82, 2.24) is 0 Å². The van der Waals surface area contributed by atoms with Gasteiger partial charge in [0.25, 0.3) is 0 Å². The molecule has 3 nitrogen and oxygen atoms in total. The van der Waals surface area contributed by atoms with Gasteiger partial charge < -0.3 is 37.9 Å². The Morgan fingerprint density at radius 1 is 1.23 bits per heavy atom. The molecule has 1 fully saturated rings. The van der Waals surface area contributed by atoms with Gasteiger partial charge in [-0.25, -0.2) is 0 Å². The van der Waals surface area contributed by atoms with Gasteiger partial charge >= 0.3 is 0 Å². The molecule has 4 heteroatoms. The maximum absolute atomic E-state index is 5.72. The molecule has 13 heavy (non-hydrogen) atoms. The molecule has 0 spiro atoms. The van der Waals surface area contributed by atoms with Crippen LogP contribution in [0.3, 0.4) is 0 Å². The number of rotatable bonds is 2. The number of hydrogen-bond donors (Lipinski definition) is 0. The summed E-state index contributed by atoms with van der Waals surface area (Å²) in [6.07, 6.45) is 0.532. The minimum absolute atomic E-state index is 0. The van der Waals surface area contributed by atoms with E-state index in [4.69, 9.17) is 9.47 Å². The van der Waals surface area contributed by atoms with Gasteiger partial charge in [0.2, 0.25) is 0 Å². The van der Waals surface area contributed by atoms with Crippen LogP contribution in [0.25, 0.3) is 0 Å². The maximum atomic E-state index is 5.72. The normalized spacial score (nSPS) is 29.5. The van der Waals surface area contributed by atoms with E-state index in [1.807, 2.05) is 0 Å². The van der Waals surface area contributed by atoms with Crippen molar-refractivity contribution in [3.05, 3.63) is 0 Å². The van der Waals surface area contributed by atoms with Gasteiger partial charge in [0.05, 0.1) is 40.5 Å². The third kappa shape index (κ3) is 5.83. The summed E-state index contributed by atoms with van der Waals surface area (Å²) in [5.41, 5.74) is 0. The van der Waals surface area contributed by atoms with Crippen molar-refractivity contribution in [3.63, 3.8) is 0 Å². The van der Waals surface area contributed by atoms with Crippen molar-refractivity contribution in [2.24, 2.45) is 0 Å². The number of hydrogen-bond acceptors (Lipinski definition) is 2. The van der Waals surface area contributed by atoms with E-state index in [9.17, 15) is 0 Å². The van der Waals surface area contributed by atoms with Crippen LogP contribution in [0.5, 0.6) is 0 Å². The fourth-order valence-corrected chi connectivity index (χ4v) is 1.48. The average Bonchev–Trinajstić information content (AvgIpc) is 1.82. The van der Waals surface area contributed by atoms with Crippen molar-refractivity contribution in [3.8, 4) is 0 Å². The number of nitrogens with zero attached hydrogens (tertiary/aromatic N) is 1. The highest BCUT2D eigenvalue weighted by Crippen LogP contribution is 2.09. The molecule has 0 saturated carbocycles. The zero-order valence-electron chi connectivity index (χ0n) is 8.92. The molecule has 1 aliphatic rings. The third-order valence-electron chi connectivity index (χ3n) is 1.83. The lowest BCUT2D eigenvalue weighted by Gasteiger charge is -2.33. The molecule has 0 radical (unpaired) electrons. The second kappa shape index (κ2) is 5.48. The Morgan fingerprint density at radius 2 is 1.85 bits per heavy atom. The summed E-state index contributed by atoms with van der Waals surface area (Å²) in [5, 5.41) is 0. The second-order valence-corrected chi connectivity index (χ2v) is 4.58. The third-order valence-corrected chi connectivity index (χ3v) is 1.83. The first-order valence-corrected chi connectivity index (χ1v) is 4.51. The Bertz CT molecular complexity index is 147. The zero-order valence-corrected chi connectivity index (χ0v) is 11.1. The van der Waals surface area contributed by atoms with Crippen LogP contribution >= 0.6 is 0 Å². The fourth-order valence-electron chi connectivity index (χ4n) is 1.48. The van der Waals surface area contributed by atoms with E-state index in [1.165, 1.54) is 0 Å². The minimum atomic E-state index is 0. The van der Waals surface area contributed by atoms with Gasteiger partial charge in [-0.3, -0.25) is 0 Å². The molecule has 1 rings (SSSR count). The van der Waals surface area contributed by atoms with Crippen LogP contribution < -0.4 is 24.0 Å². The van der Waals surface area contributed by atoms with Crippen LogP contribution in [-0.4, -0.2) is 57.6 Å². The van der Waals surface area contributed by atoms with E-state index >= 15 is 0 Å². The smallest absolute Gasteiger partial charge is 0.130 e. The molecule has 0 aliphatic carbocycles. The highest BCUT2D eigenvalue weighted by molar-refractivity contribution is 4.64. The van der Waals surface area contributed by atoms with E-state index in [2.05, 4.69) is 28.1 Å². The zero-order chi connectivity index (χ0) is 9.19. The Balaban J connectivity index is 0.00000144. The van der Waals surface area contributed by atoms with E-state index < -0.39 is 0 Å². The number of halogens is 1. The molecule has 0 aromatic heterocycles. The van der Waals surface area contributed by atoms with Crippen molar-refractivity contribution >= 4 is 0 Å². The Hall–Kier alpha value is 0.610. The molecule has 1 aliphatic heterocycles. The van der Waals surface area contributed by atoms with Crippen molar-refractivity contribution in [2.75, 3.05) is 40.9 Å². The summed E-state index contributed by atoms with van der Waals surface area (Å²) in [7, 11) is 6.51. The highest BCUT2D eigenvalue weighted by atomic mass is 127. The van der Waals surface area contributed by atoms with E-state index in [1.54, 1.807) is 0 Å². The van der Waals surface area contributed by atoms with Crippen molar-refractivity contribution < 1.29 is 37.9 Å². The Labute approximate surface area is 98.0 Å². The molecule has 0 N–H and O–H groups in total. The van der Waals surface area contributed by atoms with Crippen LogP contribution in [0.4, 0.5) is 0 Å². The lowest BCUT2D eigenvalue weighted by atomic mass is 10.3. The topological polar surface area (TPSA) is 18.5 Å². The van der Waals surface area contributed by atoms with Crippen LogP contribution in [-0.2, 0) is 9.47 Å². The van der Waals surface area contributed by atoms with Gasteiger partial charge in [-0.05, 0) is 6.92 Å². The largest absolute Gasteiger partial charge is 1.00 e. The monoisotopic (exact) mass is 301 g/mol. The number of ether oxygens (including phenoxy) is 2. The summed E-state index contributed by atoms with van der Waals surface area (Å²) in [4.78, 5) is 0. The molecule has 80 valence electrons. The first-order chi connectivity index (χ1) is 5.47. The predicted molar refractivity (Wildman–Crippen MR) is 48.1 cm³/mol. The Morgan fingerprint density at radius 3 is 2.31 bits per heavy atom. The molecule has 0 aromatic rings. The summed E-state index contributed by atoms with van der Waals surface area (Å²) in [5.74, 6) is 0. The molecule has 0 aromatic carbocycles. The minimum Gasteiger partial charge on any atom is -1.00 e. The first-order valence-electron chi connectivity index (χ1n) is 4.51. The summed E-state index contributed by atoms with van der Waals surface area (Å²) in [6, 6.07) is 0. The molecule has 2 atom stereocenters. The Kier molecular flexibility index (Phi) is 5.74. The first kappa shape index (κ1) is 13.6. The molecule has 0 bridgehead atoms.